The van der Waals surface area contributed by atoms with E-state index in [2.05, 4.69) is 15.7 Å². The SMILES string of the molecule is Cc1ccc(C(=O)NCCCn2ccnc2)c(C2CCN(C(=O)CSc3ccsc3)CC2)n1. The molecule has 0 aliphatic carbocycles. The second-order valence-electron chi connectivity index (χ2n) is 8.20. The van der Waals surface area contributed by atoms with Crippen molar-refractivity contribution in [1.82, 2.24) is 24.8 Å². The number of carbonyl (C=O) groups is 2. The van der Waals surface area contributed by atoms with Gasteiger partial charge in [-0.2, -0.15) is 11.3 Å². The van der Waals surface area contributed by atoms with Crippen LogP contribution in [0.25, 0.3) is 0 Å². The molecule has 0 aromatic carbocycles. The van der Waals surface area contributed by atoms with Gasteiger partial charge in [-0.25, -0.2) is 4.98 Å². The number of aryl methyl sites for hydroxylation is 2. The average Bonchev–Trinajstić information content (AvgIpc) is 3.54. The number of carbonyl (C=O) groups excluding carboxylic acids is 2. The molecule has 1 aliphatic heterocycles. The standard InChI is InChI=1S/C24H29N5O2S2/c1-18-3-4-21(24(31)26-8-2-10-28-13-9-25-17-28)23(27-18)19-5-11-29(12-6-19)22(30)16-33-20-7-14-32-15-20/h3-4,7,9,13-15,17,19H,2,5-6,8,10-12,16H2,1H3,(H,26,31). The molecule has 0 radical (unpaired) electrons. The van der Waals surface area contributed by atoms with Crippen molar-refractivity contribution < 1.29 is 9.59 Å². The van der Waals surface area contributed by atoms with Crippen LogP contribution in [0.2, 0.25) is 0 Å². The summed E-state index contributed by atoms with van der Waals surface area (Å²) in [6, 6.07) is 5.82. The average molecular weight is 484 g/mol. The lowest BCUT2D eigenvalue weighted by atomic mass is 9.90. The summed E-state index contributed by atoms with van der Waals surface area (Å²) in [5.41, 5.74) is 2.43. The van der Waals surface area contributed by atoms with E-state index in [4.69, 9.17) is 4.98 Å². The molecule has 0 spiro atoms. The van der Waals surface area contributed by atoms with Crippen molar-refractivity contribution >= 4 is 34.9 Å². The van der Waals surface area contributed by atoms with Crippen molar-refractivity contribution in [2.45, 2.75) is 43.5 Å². The third-order valence-electron chi connectivity index (χ3n) is 5.84. The monoisotopic (exact) mass is 483 g/mol. The molecule has 1 N–H and O–H groups in total. The lowest BCUT2D eigenvalue weighted by Crippen LogP contribution is -2.39. The first kappa shape index (κ1) is 23.5. The van der Waals surface area contributed by atoms with E-state index in [1.54, 1.807) is 35.6 Å². The van der Waals surface area contributed by atoms with Gasteiger partial charge in [0, 0.05) is 60.5 Å². The van der Waals surface area contributed by atoms with Crippen molar-refractivity contribution in [3.8, 4) is 0 Å². The summed E-state index contributed by atoms with van der Waals surface area (Å²) in [6.45, 7) is 4.77. The Morgan fingerprint density at radius 3 is 2.82 bits per heavy atom. The third-order valence-corrected chi connectivity index (χ3v) is 7.65. The van der Waals surface area contributed by atoms with E-state index in [-0.39, 0.29) is 17.7 Å². The van der Waals surface area contributed by atoms with Crippen LogP contribution < -0.4 is 5.32 Å². The highest BCUT2D eigenvalue weighted by atomic mass is 32.2. The zero-order valence-electron chi connectivity index (χ0n) is 18.8. The van der Waals surface area contributed by atoms with Gasteiger partial charge in [-0.3, -0.25) is 14.6 Å². The topological polar surface area (TPSA) is 80.1 Å². The second-order valence-corrected chi connectivity index (χ2v) is 10.0. The lowest BCUT2D eigenvalue weighted by molar-refractivity contribution is -0.129. The fourth-order valence-corrected chi connectivity index (χ4v) is 5.71. The highest BCUT2D eigenvalue weighted by Crippen LogP contribution is 2.30. The normalized spacial score (nSPS) is 14.4. The Kier molecular flexibility index (Phi) is 8.17. The maximum atomic E-state index is 12.9. The van der Waals surface area contributed by atoms with Crippen LogP contribution in [-0.4, -0.2) is 56.6 Å². The van der Waals surface area contributed by atoms with Crippen LogP contribution in [0, 0.1) is 6.92 Å². The lowest BCUT2D eigenvalue weighted by Gasteiger charge is -2.32. The van der Waals surface area contributed by atoms with Crippen molar-refractivity contribution in [2.24, 2.45) is 0 Å². The van der Waals surface area contributed by atoms with E-state index >= 15 is 0 Å². The molecule has 0 atom stereocenters. The number of thiophene rings is 1. The van der Waals surface area contributed by atoms with E-state index in [1.807, 2.05) is 46.2 Å². The summed E-state index contributed by atoms with van der Waals surface area (Å²) in [5, 5.41) is 7.13. The van der Waals surface area contributed by atoms with Gasteiger partial charge in [0.1, 0.15) is 0 Å². The quantitative estimate of drug-likeness (QED) is 0.368. The minimum Gasteiger partial charge on any atom is -0.352 e. The molecule has 7 nitrogen and oxygen atoms in total. The van der Waals surface area contributed by atoms with Crippen LogP contribution >= 0.6 is 23.1 Å². The first-order valence-corrected chi connectivity index (χ1v) is 13.2. The fourth-order valence-electron chi connectivity index (χ4n) is 4.03. The molecule has 0 saturated carbocycles. The van der Waals surface area contributed by atoms with E-state index in [0.717, 1.165) is 42.1 Å². The van der Waals surface area contributed by atoms with Crippen LogP contribution in [0.4, 0.5) is 0 Å². The number of likely N-dealkylation sites (tertiary alicyclic amines) is 1. The molecule has 0 bridgehead atoms. The van der Waals surface area contributed by atoms with E-state index in [9.17, 15) is 9.59 Å². The number of rotatable bonds is 9. The molecule has 1 fully saturated rings. The van der Waals surface area contributed by atoms with Gasteiger partial charge in [-0.05, 0) is 49.8 Å². The molecular formula is C24H29N5O2S2. The predicted molar refractivity (Wildman–Crippen MR) is 132 cm³/mol. The number of imidazole rings is 1. The smallest absolute Gasteiger partial charge is 0.253 e. The Morgan fingerprint density at radius 2 is 2.09 bits per heavy atom. The van der Waals surface area contributed by atoms with E-state index in [1.165, 1.54) is 0 Å². The molecule has 33 heavy (non-hydrogen) atoms. The summed E-state index contributed by atoms with van der Waals surface area (Å²) in [5.74, 6) is 0.758. The molecule has 3 aromatic rings. The van der Waals surface area contributed by atoms with Gasteiger partial charge in [-0.15, -0.1) is 11.8 Å². The fraction of sp³-hybridized carbons (Fsp3) is 0.417. The minimum atomic E-state index is -0.0752. The molecule has 174 valence electrons. The van der Waals surface area contributed by atoms with Gasteiger partial charge < -0.3 is 14.8 Å². The van der Waals surface area contributed by atoms with Gasteiger partial charge in [0.05, 0.1) is 23.3 Å². The van der Waals surface area contributed by atoms with Crippen molar-refractivity contribution in [3.05, 3.63) is 64.6 Å². The maximum absolute atomic E-state index is 12.9. The number of pyridine rings is 1. The summed E-state index contributed by atoms with van der Waals surface area (Å²) in [6.07, 6.45) is 7.94. The molecule has 4 heterocycles. The molecule has 3 aromatic heterocycles. The molecule has 1 saturated heterocycles. The van der Waals surface area contributed by atoms with Gasteiger partial charge in [0.25, 0.3) is 5.91 Å². The van der Waals surface area contributed by atoms with E-state index < -0.39 is 0 Å². The van der Waals surface area contributed by atoms with Crippen molar-refractivity contribution in [2.75, 3.05) is 25.4 Å². The molecule has 2 amide bonds. The Bertz CT molecular complexity index is 1050. The number of hydrogen-bond donors (Lipinski definition) is 1. The van der Waals surface area contributed by atoms with Crippen LogP contribution in [0.5, 0.6) is 0 Å². The molecular weight excluding hydrogens is 454 g/mol. The van der Waals surface area contributed by atoms with Crippen LogP contribution in [0.15, 0.2) is 52.6 Å². The molecule has 9 heteroatoms. The first-order valence-electron chi connectivity index (χ1n) is 11.2. The Labute approximate surface area is 202 Å². The maximum Gasteiger partial charge on any atom is 0.253 e. The van der Waals surface area contributed by atoms with Crippen LogP contribution in [-0.2, 0) is 11.3 Å². The number of nitrogens with one attached hydrogen (secondary N) is 1. The summed E-state index contributed by atoms with van der Waals surface area (Å²) in [7, 11) is 0. The van der Waals surface area contributed by atoms with E-state index in [0.29, 0.717) is 31.0 Å². The predicted octanol–water partition coefficient (Wildman–Crippen LogP) is 3.97. The van der Waals surface area contributed by atoms with Gasteiger partial charge in [0.15, 0.2) is 0 Å². The number of amides is 2. The third kappa shape index (κ3) is 6.45. The first-order chi connectivity index (χ1) is 16.1. The van der Waals surface area contributed by atoms with Crippen LogP contribution in [0.1, 0.15) is 46.9 Å². The van der Waals surface area contributed by atoms with Crippen molar-refractivity contribution in [3.63, 3.8) is 0 Å². The number of hydrogen-bond acceptors (Lipinski definition) is 6. The Hall–Kier alpha value is -2.65. The zero-order chi connectivity index (χ0) is 23.0. The number of piperidine rings is 1. The highest BCUT2D eigenvalue weighted by molar-refractivity contribution is 8.00. The number of aromatic nitrogens is 3. The zero-order valence-corrected chi connectivity index (χ0v) is 20.4. The Morgan fingerprint density at radius 1 is 1.24 bits per heavy atom. The summed E-state index contributed by atoms with van der Waals surface area (Å²) < 4.78 is 2.00. The largest absolute Gasteiger partial charge is 0.352 e. The van der Waals surface area contributed by atoms with Crippen LogP contribution in [0.3, 0.4) is 0 Å². The van der Waals surface area contributed by atoms with Gasteiger partial charge in [-0.1, -0.05) is 0 Å². The number of thioether (sulfide) groups is 1. The van der Waals surface area contributed by atoms with Gasteiger partial charge in [0.2, 0.25) is 5.91 Å². The minimum absolute atomic E-state index is 0.0752. The Balaban J connectivity index is 1.30. The summed E-state index contributed by atoms with van der Waals surface area (Å²) >= 11 is 3.24. The van der Waals surface area contributed by atoms with Crippen molar-refractivity contribution in [1.29, 1.82) is 0 Å². The molecule has 1 aliphatic rings. The summed E-state index contributed by atoms with van der Waals surface area (Å²) in [4.78, 5) is 37.4. The second kappa shape index (κ2) is 11.5. The molecule has 4 rings (SSSR count). The molecule has 0 unspecified atom stereocenters. The number of nitrogens with zero attached hydrogens (tertiary/aromatic N) is 4. The van der Waals surface area contributed by atoms with Gasteiger partial charge >= 0.3 is 0 Å². The highest BCUT2D eigenvalue weighted by Gasteiger charge is 2.27.